The molecule has 2 amide bonds. The standard InChI is InChI=1S/C34H36Cl2F3N5O5/c1-22(35)4-5-23(8-9-34(37,38)39)42-32(45)43-27-7-6-24(16-26(27)36)49-31-25-17-29(46-2)30(18-28(25)40-21-41-31)48-15-3-12-44-13-10-33(11-14-44)19-47-20-33/h4-9,16-18,21H,3,10-15,19-20H2,1-2H3,(H2,42,43,45)/b9-8+,22-4+,23-5+. The summed E-state index contributed by atoms with van der Waals surface area (Å²) in [6.07, 6.45) is 3.30. The number of nitrogens with one attached hydrogen (secondary N) is 2. The zero-order valence-corrected chi connectivity index (χ0v) is 28.4. The fourth-order valence-corrected chi connectivity index (χ4v) is 5.66. The predicted octanol–water partition coefficient (Wildman–Crippen LogP) is 8.23. The summed E-state index contributed by atoms with van der Waals surface area (Å²) in [5.41, 5.74) is 1.02. The van der Waals surface area contributed by atoms with Crippen molar-refractivity contribution in [3.05, 3.63) is 76.7 Å². The minimum Gasteiger partial charge on any atom is -0.493 e. The summed E-state index contributed by atoms with van der Waals surface area (Å²) in [5.74, 6) is 1.59. The summed E-state index contributed by atoms with van der Waals surface area (Å²) in [7, 11) is 1.55. The first-order chi connectivity index (χ1) is 23.4. The Balaban J connectivity index is 1.20. The molecule has 2 aromatic carbocycles. The molecular formula is C34H36Cl2F3N5O5. The molecule has 0 atom stereocenters. The van der Waals surface area contributed by atoms with Gasteiger partial charge in [-0.3, -0.25) is 0 Å². The van der Waals surface area contributed by atoms with Crippen molar-refractivity contribution in [2.24, 2.45) is 5.41 Å². The Kier molecular flexibility index (Phi) is 11.9. The lowest BCUT2D eigenvalue weighted by Gasteiger charge is -2.47. The third-order valence-corrected chi connectivity index (χ3v) is 8.54. The summed E-state index contributed by atoms with van der Waals surface area (Å²) in [5, 5.41) is 5.82. The van der Waals surface area contributed by atoms with Crippen LogP contribution in [0.15, 0.2) is 71.7 Å². The molecule has 15 heteroatoms. The molecule has 1 aromatic heterocycles. The van der Waals surface area contributed by atoms with E-state index in [2.05, 4.69) is 25.5 Å². The molecule has 262 valence electrons. The van der Waals surface area contributed by atoms with E-state index in [-0.39, 0.29) is 28.4 Å². The molecule has 2 aliphatic rings. The number of allylic oxidation sites excluding steroid dienone is 5. The van der Waals surface area contributed by atoms with Gasteiger partial charge in [0.05, 0.1) is 48.5 Å². The normalized spacial score (nSPS) is 16.9. The van der Waals surface area contributed by atoms with Crippen LogP contribution in [0.4, 0.5) is 23.7 Å². The van der Waals surface area contributed by atoms with E-state index in [0.717, 1.165) is 39.3 Å². The Labute approximate surface area is 291 Å². The van der Waals surface area contributed by atoms with Crippen molar-refractivity contribution in [1.29, 1.82) is 0 Å². The molecule has 2 saturated heterocycles. The first-order valence-electron chi connectivity index (χ1n) is 15.5. The van der Waals surface area contributed by atoms with E-state index in [0.29, 0.717) is 51.3 Å². The van der Waals surface area contributed by atoms with Crippen LogP contribution in [0, 0.1) is 5.41 Å². The number of halogens is 5. The van der Waals surface area contributed by atoms with Gasteiger partial charge in [0.1, 0.15) is 12.1 Å². The Hall–Kier alpha value is -4.04. The number of alkyl halides is 3. The number of rotatable bonds is 12. The molecule has 2 N–H and O–H groups in total. The van der Waals surface area contributed by atoms with Gasteiger partial charge in [-0.15, -0.1) is 0 Å². The quantitative estimate of drug-likeness (QED) is 0.142. The first kappa shape index (κ1) is 36.2. The smallest absolute Gasteiger partial charge is 0.409 e. The van der Waals surface area contributed by atoms with E-state index in [1.807, 2.05) is 0 Å². The molecule has 2 aliphatic heterocycles. The summed E-state index contributed by atoms with van der Waals surface area (Å²) < 4.78 is 61.2. The number of urea groups is 1. The van der Waals surface area contributed by atoms with Crippen molar-refractivity contribution in [2.45, 2.75) is 32.4 Å². The molecule has 0 bridgehead atoms. The van der Waals surface area contributed by atoms with Gasteiger partial charge in [-0.05, 0) is 75.7 Å². The second-order valence-electron chi connectivity index (χ2n) is 11.8. The van der Waals surface area contributed by atoms with Crippen molar-refractivity contribution in [3.8, 4) is 23.1 Å². The number of ether oxygens (including phenoxy) is 4. The van der Waals surface area contributed by atoms with Gasteiger partial charge in [0.15, 0.2) is 11.5 Å². The average molecular weight is 723 g/mol. The maximum atomic E-state index is 12.7. The van der Waals surface area contributed by atoms with Crippen LogP contribution in [0.1, 0.15) is 26.2 Å². The van der Waals surface area contributed by atoms with Gasteiger partial charge in [-0.25, -0.2) is 14.8 Å². The second kappa shape index (κ2) is 16.1. The Morgan fingerprint density at radius 3 is 2.55 bits per heavy atom. The molecule has 10 nitrogen and oxygen atoms in total. The molecule has 5 rings (SSSR count). The maximum Gasteiger partial charge on any atom is 0.409 e. The molecule has 2 fully saturated rings. The number of methoxy groups -OCH3 is 1. The van der Waals surface area contributed by atoms with Crippen molar-refractivity contribution in [3.63, 3.8) is 0 Å². The van der Waals surface area contributed by atoms with E-state index in [1.165, 1.54) is 50.4 Å². The number of carbonyl (C=O) groups is 1. The maximum absolute atomic E-state index is 12.7. The minimum absolute atomic E-state index is 0.00692. The number of nitrogens with zero attached hydrogens (tertiary/aromatic N) is 3. The third-order valence-electron chi connectivity index (χ3n) is 8.10. The van der Waals surface area contributed by atoms with Gasteiger partial charge in [0, 0.05) is 40.9 Å². The summed E-state index contributed by atoms with van der Waals surface area (Å²) in [6, 6.07) is 7.18. The van der Waals surface area contributed by atoms with Crippen LogP contribution in [-0.4, -0.2) is 73.6 Å². The number of carbonyl (C=O) groups excluding carboxylic acids is 1. The number of fused-ring (bicyclic) bond motifs is 1. The number of likely N-dealkylation sites (tertiary alicyclic amines) is 1. The first-order valence-corrected chi connectivity index (χ1v) is 16.3. The Bertz CT molecular complexity index is 1730. The zero-order valence-electron chi connectivity index (χ0n) is 26.9. The van der Waals surface area contributed by atoms with Crippen LogP contribution in [0.2, 0.25) is 5.02 Å². The number of anilines is 1. The van der Waals surface area contributed by atoms with Crippen LogP contribution < -0.4 is 24.8 Å². The van der Waals surface area contributed by atoms with Gasteiger partial charge < -0.3 is 34.5 Å². The van der Waals surface area contributed by atoms with Gasteiger partial charge in [-0.2, -0.15) is 13.2 Å². The fraction of sp³-hybridized carbons (Fsp3) is 0.382. The average Bonchev–Trinajstić information content (AvgIpc) is 3.04. The lowest BCUT2D eigenvalue weighted by molar-refractivity contribution is -0.139. The molecule has 0 radical (unpaired) electrons. The van der Waals surface area contributed by atoms with Crippen LogP contribution in [0.5, 0.6) is 23.1 Å². The highest BCUT2D eigenvalue weighted by Crippen LogP contribution is 2.39. The highest BCUT2D eigenvalue weighted by atomic mass is 35.5. The second-order valence-corrected chi connectivity index (χ2v) is 12.8. The van der Waals surface area contributed by atoms with Crippen molar-refractivity contribution in [1.82, 2.24) is 20.2 Å². The van der Waals surface area contributed by atoms with E-state index in [9.17, 15) is 18.0 Å². The summed E-state index contributed by atoms with van der Waals surface area (Å²) in [6.45, 7) is 6.97. The van der Waals surface area contributed by atoms with Gasteiger partial charge in [-0.1, -0.05) is 23.2 Å². The third kappa shape index (κ3) is 10.2. The Morgan fingerprint density at radius 1 is 1.12 bits per heavy atom. The molecule has 0 saturated carbocycles. The number of hydrogen-bond acceptors (Lipinski definition) is 8. The number of aromatic nitrogens is 2. The van der Waals surface area contributed by atoms with Crippen LogP contribution >= 0.6 is 23.2 Å². The van der Waals surface area contributed by atoms with Crippen molar-refractivity contribution in [2.75, 3.05) is 51.9 Å². The van der Waals surface area contributed by atoms with Crippen LogP contribution in [0.25, 0.3) is 10.9 Å². The topological polar surface area (TPSA) is 107 Å². The van der Waals surface area contributed by atoms with Gasteiger partial charge in [0.25, 0.3) is 0 Å². The van der Waals surface area contributed by atoms with E-state index in [1.54, 1.807) is 25.3 Å². The van der Waals surface area contributed by atoms with Crippen molar-refractivity contribution < 1.29 is 36.9 Å². The molecule has 3 aromatic rings. The largest absolute Gasteiger partial charge is 0.493 e. The van der Waals surface area contributed by atoms with E-state index < -0.39 is 12.2 Å². The van der Waals surface area contributed by atoms with Crippen LogP contribution in [-0.2, 0) is 4.74 Å². The lowest BCUT2D eigenvalue weighted by Crippen LogP contribution is -2.51. The zero-order chi connectivity index (χ0) is 35.0. The number of amides is 2. The SMILES string of the molecule is COc1cc2c(Oc3ccc(NC(=O)NC(/C=C/C(F)(F)F)=C/C=C(\C)Cl)c(Cl)c3)ncnc2cc1OCCCN1CCC2(CC1)COC2. The predicted molar refractivity (Wildman–Crippen MR) is 182 cm³/mol. The monoisotopic (exact) mass is 721 g/mol. The van der Waals surface area contributed by atoms with Crippen molar-refractivity contribution >= 4 is 45.8 Å². The van der Waals surface area contributed by atoms with E-state index >= 15 is 0 Å². The molecule has 0 unspecified atom stereocenters. The van der Waals surface area contributed by atoms with Crippen LogP contribution in [0.3, 0.4) is 0 Å². The number of hydrogen-bond donors (Lipinski definition) is 2. The molecule has 3 heterocycles. The highest BCUT2D eigenvalue weighted by Gasteiger charge is 2.40. The molecular weight excluding hydrogens is 686 g/mol. The fourth-order valence-electron chi connectivity index (χ4n) is 5.38. The van der Waals surface area contributed by atoms with Gasteiger partial charge >= 0.3 is 12.2 Å². The lowest BCUT2D eigenvalue weighted by atomic mass is 9.77. The number of piperidine rings is 1. The summed E-state index contributed by atoms with van der Waals surface area (Å²) >= 11 is 12.2. The molecule has 49 heavy (non-hydrogen) atoms. The summed E-state index contributed by atoms with van der Waals surface area (Å²) in [4.78, 5) is 23.7. The molecule has 0 aliphatic carbocycles. The number of benzene rings is 2. The highest BCUT2D eigenvalue weighted by molar-refractivity contribution is 6.33. The Morgan fingerprint density at radius 2 is 1.90 bits per heavy atom. The van der Waals surface area contributed by atoms with Gasteiger partial charge in [0.2, 0.25) is 5.88 Å². The van der Waals surface area contributed by atoms with E-state index in [4.69, 9.17) is 42.1 Å². The molecule has 1 spiro atoms. The minimum atomic E-state index is -4.57.